The van der Waals surface area contributed by atoms with Crippen LogP contribution >= 0.6 is 0 Å². The van der Waals surface area contributed by atoms with E-state index in [-0.39, 0.29) is 0 Å². The molecule has 2 nitrogen and oxygen atoms in total. The molecule has 0 N–H and O–H groups in total. The van der Waals surface area contributed by atoms with E-state index >= 15 is 0 Å². The van der Waals surface area contributed by atoms with Gasteiger partial charge in [-0.05, 0) is 138 Å². The lowest BCUT2D eigenvalue weighted by atomic mass is 9.70. The molecule has 0 saturated heterocycles. The Hall–Kier alpha value is -8.72. The Morgan fingerprint density at radius 3 is 1.28 bits per heavy atom. The molecule has 0 amide bonds. The smallest absolute Gasteiger partial charge is 0.0726 e. The fourth-order valence-corrected chi connectivity index (χ4v) is 11.7. The summed E-state index contributed by atoms with van der Waals surface area (Å²) in [6.45, 7) is 0. The molecule has 67 heavy (non-hydrogen) atoms. The average molecular weight is 851 g/mol. The van der Waals surface area contributed by atoms with Crippen molar-refractivity contribution in [2.75, 3.05) is 4.90 Å². The van der Waals surface area contributed by atoms with Crippen molar-refractivity contribution in [1.29, 1.82) is 0 Å². The van der Waals surface area contributed by atoms with Crippen LogP contribution < -0.4 is 4.90 Å². The van der Waals surface area contributed by atoms with Crippen molar-refractivity contribution in [3.8, 4) is 50.2 Å². The Balaban J connectivity index is 0.903. The zero-order valence-corrected chi connectivity index (χ0v) is 36.6. The summed E-state index contributed by atoms with van der Waals surface area (Å²) < 4.78 is 2.38. The Morgan fingerprint density at radius 1 is 0.284 bits per heavy atom. The largest absolute Gasteiger partial charge is 0.310 e. The number of aromatic nitrogens is 1. The van der Waals surface area contributed by atoms with Crippen LogP contribution in [-0.4, -0.2) is 4.57 Å². The first-order valence-electron chi connectivity index (χ1n) is 23.3. The van der Waals surface area contributed by atoms with Crippen molar-refractivity contribution >= 4 is 49.6 Å². The van der Waals surface area contributed by atoms with Gasteiger partial charge in [-0.3, -0.25) is 0 Å². The second kappa shape index (κ2) is 14.7. The Labute approximate surface area is 389 Å². The molecule has 0 bridgehead atoms. The maximum atomic E-state index is 2.48. The quantitative estimate of drug-likeness (QED) is 0.162. The molecule has 2 heteroatoms. The van der Waals surface area contributed by atoms with Crippen LogP contribution in [-0.2, 0) is 5.41 Å². The highest BCUT2D eigenvalue weighted by Gasteiger charge is 2.51. The molecular weight excluding hydrogens is 809 g/mol. The van der Waals surface area contributed by atoms with Crippen LogP contribution in [0.3, 0.4) is 0 Å². The van der Waals surface area contributed by atoms with E-state index in [0.717, 1.165) is 22.7 Å². The van der Waals surface area contributed by atoms with Crippen LogP contribution in [0.15, 0.2) is 255 Å². The third-order valence-electron chi connectivity index (χ3n) is 14.6. The minimum Gasteiger partial charge on any atom is -0.310 e. The number of hydrogen-bond acceptors (Lipinski definition) is 1. The van der Waals surface area contributed by atoms with Gasteiger partial charge in [-0.25, -0.2) is 0 Å². The third-order valence-corrected chi connectivity index (χ3v) is 14.6. The summed E-state index contributed by atoms with van der Waals surface area (Å²) in [6.07, 6.45) is 0. The fraction of sp³-hybridized carbons (Fsp3) is 0.0154. The van der Waals surface area contributed by atoms with E-state index in [1.165, 1.54) is 99.3 Å². The molecule has 0 aliphatic heterocycles. The van der Waals surface area contributed by atoms with Gasteiger partial charge in [-0.1, -0.05) is 194 Å². The van der Waals surface area contributed by atoms with E-state index in [2.05, 4.69) is 264 Å². The second-order valence-corrected chi connectivity index (χ2v) is 18.0. The van der Waals surface area contributed by atoms with Crippen molar-refractivity contribution in [2.45, 2.75) is 5.41 Å². The zero-order valence-electron chi connectivity index (χ0n) is 36.6. The summed E-state index contributed by atoms with van der Waals surface area (Å²) >= 11 is 0. The van der Waals surface area contributed by atoms with Crippen molar-refractivity contribution in [2.24, 2.45) is 0 Å². The topological polar surface area (TPSA) is 8.17 Å². The normalized spacial score (nSPS) is 12.9. The number of hydrogen-bond donors (Lipinski definition) is 0. The van der Waals surface area contributed by atoms with E-state index < -0.39 is 5.41 Å². The molecule has 0 unspecified atom stereocenters. The maximum Gasteiger partial charge on any atom is 0.0726 e. The fourth-order valence-electron chi connectivity index (χ4n) is 11.7. The highest BCUT2D eigenvalue weighted by Crippen LogP contribution is 2.63. The molecule has 0 atom stereocenters. The SMILES string of the molecule is c1ccc2c(c1)-c1ccccc1C21c2ccccc2-c2ccc(N(c3ccc(-c4ccc(-n5c6ccccc6c6ccccc65)cc4)cc3)c3ccc(-c4cccc5ccccc45)cc3)cc21. The molecule has 2 aliphatic rings. The first-order chi connectivity index (χ1) is 33.2. The predicted octanol–water partition coefficient (Wildman–Crippen LogP) is 17.1. The number of para-hydroxylation sites is 2. The minimum atomic E-state index is -0.436. The molecule has 0 fully saturated rings. The minimum absolute atomic E-state index is 0.436. The van der Waals surface area contributed by atoms with Crippen molar-refractivity contribution < 1.29 is 0 Å². The van der Waals surface area contributed by atoms with Gasteiger partial charge in [0.15, 0.2) is 0 Å². The molecule has 1 heterocycles. The number of rotatable bonds is 6. The highest BCUT2D eigenvalue weighted by atomic mass is 15.1. The van der Waals surface area contributed by atoms with Gasteiger partial charge >= 0.3 is 0 Å². The Bertz CT molecular complexity index is 3790. The molecule has 312 valence electrons. The Kier molecular flexibility index (Phi) is 8.23. The van der Waals surface area contributed by atoms with Crippen LogP contribution in [0.25, 0.3) is 82.8 Å². The monoisotopic (exact) mass is 850 g/mol. The number of benzene rings is 11. The van der Waals surface area contributed by atoms with Crippen LogP contribution in [0.4, 0.5) is 17.1 Å². The van der Waals surface area contributed by atoms with Gasteiger partial charge in [0.05, 0.1) is 16.4 Å². The second-order valence-electron chi connectivity index (χ2n) is 18.0. The number of nitrogens with zero attached hydrogens (tertiary/aromatic N) is 2. The number of fused-ring (bicyclic) bond motifs is 14. The maximum absolute atomic E-state index is 2.48. The van der Waals surface area contributed by atoms with Crippen LogP contribution in [0.5, 0.6) is 0 Å². The average Bonchev–Trinajstić information content (AvgIpc) is 4.01. The standard InChI is InChI=1S/C65H42N2/c1-2-16-51-45(14-1)15-13-22-52(51)46-32-38-48(39-33-46)66(47-34-28-43(29-35-47)44-30-36-49(37-31-44)67-63-26-11-6-20-57(63)58-21-7-12-27-64(58)67)50-40-41-56-55-19-5-10-25-61(55)65(62(56)42-50)59-23-8-3-17-53(59)54-18-4-9-24-60(54)65/h1-42H. The van der Waals surface area contributed by atoms with Gasteiger partial charge < -0.3 is 9.47 Å². The highest BCUT2D eigenvalue weighted by molar-refractivity contribution is 6.09. The van der Waals surface area contributed by atoms with E-state index in [4.69, 9.17) is 0 Å². The van der Waals surface area contributed by atoms with E-state index in [1.54, 1.807) is 0 Å². The summed E-state index contributed by atoms with van der Waals surface area (Å²) in [6, 6.07) is 94.2. The molecule has 2 aliphatic carbocycles. The van der Waals surface area contributed by atoms with E-state index in [0.29, 0.717) is 0 Å². The van der Waals surface area contributed by atoms with Crippen LogP contribution in [0.2, 0.25) is 0 Å². The molecule has 1 aromatic heterocycles. The van der Waals surface area contributed by atoms with Gasteiger partial charge in [0.2, 0.25) is 0 Å². The third kappa shape index (κ3) is 5.51. The Morgan fingerprint density at radius 2 is 0.701 bits per heavy atom. The predicted molar refractivity (Wildman–Crippen MR) is 280 cm³/mol. The molecule has 14 rings (SSSR count). The van der Waals surface area contributed by atoms with Gasteiger partial charge in [0, 0.05) is 33.5 Å². The lowest BCUT2D eigenvalue weighted by Crippen LogP contribution is -2.26. The van der Waals surface area contributed by atoms with Crippen molar-refractivity contribution in [1.82, 2.24) is 4.57 Å². The van der Waals surface area contributed by atoms with Crippen LogP contribution in [0, 0.1) is 0 Å². The first-order valence-corrected chi connectivity index (χ1v) is 23.3. The lowest BCUT2D eigenvalue weighted by Gasteiger charge is -2.32. The summed E-state index contributed by atoms with van der Waals surface area (Å²) in [5.41, 5.74) is 21.8. The summed E-state index contributed by atoms with van der Waals surface area (Å²) in [5.74, 6) is 0. The molecule has 0 radical (unpaired) electrons. The molecule has 1 spiro atoms. The number of anilines is 3. The molecule has 11 aromatic carbocycles. The van der Waals surface area contributed by atoms with Gasteiger partial charge in [-0.2, -0.15) is 0 Å². The van der Waals surface area contributed by atoms with Gasteiger partial charge in [-0.15, -0.1) is 0 Å². The lowest BCUT2D eigenvalue weighted by molar-refractivity contribution is 0.793. The van der Waals surface area contributed by atoms with Crippen LogP contribution in [0.1, 0.15) is 22.3 Å². The van der Waals surface area contributed by atoms with Crippen molar-refractivity contribution in [3.63, 3.8) is 0 Å². The van der Waals surface area contributed by atoms with Crippen molar-refractivity contribution in [3.05, 3.63) is 277 Å². The summed E-state index contributed by atoms with van der Waals surface area (Å²) in [7, 11) is 0. The van der Waals surface area contributed by atoms with Gasteiger partial charge in [0.25, 0.3) is 0 Å². The van der Waals surface area contributed by atoms with Gasteiger partial charge in [0.1, 0.15) is 0 Å². The van der Waals surface area contributed by atoms with E-state index in [9.17, 15) is 0 Å². The molecule has 0 saturated carbocycles. The molecule has 12 aromatic rings. The first kappa shape index (κ1) is 37.6. The zero-order chi connectivity index (χ0) is 44.1. The van der Waals surface area contributed by atoms with E-state index in [1.807, 2.05) is 0 Å². The summed E-state index contributed by atoms with van der Waals surface area (Å²) in [5, 5.41) is 5.04. The summed E-state index contributed by atoms with van der Waals surface area (Å²) in [4.78, 5) is 2.44. The molecular formula is C65H42N2.